The van der Waals surface area contributed by atoms with Gasteiger partial charge in [-0.05, 0) is 36.9 Å². The van der Waals surface area contributed by atoms with E-state index in [-0.39, 0.29) is 5.78 Å². The first kappa shape index (κ1) is 12.8. The summed E-state index contributed by atoms with van der Waals surface area (Å²) in [6.45, 7) is 1.98. The molecule has 2 nitrogen and oxygen atoms in total. The van der Waals surface area contributed by atoms with Crippen LogP contribution in [0.2, 0.25) is 0 Å². The molecule has 0 aliphatic rings. The molecule has 0 aliphatic heterocycles. The van der Waals surface area contributed by atoms with E-state index < -0.39 is 0 Å². The molecule has 0 amide bonds. The van der Waals surface area contributed by atoms with Gasteiger partial charge in [0.15, 0.2) is 5.78 Å². The Morgan fingerprint density at radius 2 is 2.17 bits per heavy atom. The van der Waals surface area contributed by atoms with Crippen LogP contribution in [0.5, 0.6) is 5.75 Å². The maximum atomic E-state index is 12.2. The molecule has 0 fully saturated rings. The van der Waals surface area contributed by atoms with E-state index in [1.54, 1.807) is 18.4 Å². The normalized spacial score (nSPS) is 10.3. The van der Waals surface area contributed by atoms with Crippen LogP contribution in [0.1, 0.15) is 27.2 Å². The van der Waals surface area contributed by atoms with Gasteiger partial charge < -0.3 is 4.74 Å². The molecule has 0 radical (unpaired) electrons. The van der Waals surface area contributed by atoms with Crippen molar-refractivity contribution in [2.45, 2.75) is 19.8 Å². The fourth-order valence-corrected chi connectivity index (χ4v) is 2.57. The molecule has 3 heteroatoms. The summed E-state index contributed by atoms with van der Waals surface area (Å²) in [5.74, 6) is 0.806. The summed E-state index contributed by atoms with van der Waals surface area (Å²) in [5.41, 5.74) is 1.77. The Labute approximate surface area is 111 Å². The fourth-order valence-electron chi connectivity index (χ4n) is 1.87. The third-order valence-electron chi connectivity index (χ3n) is 2.83. The molecule has 0 bridgehead atoms. The van der Waals surface area contributed by atoms with E-state index >= 15 is 0 Å². The van der Waals surface area contributed by atoms with Gasteiger partial charge in [-0.2, -0.15) is 0 Å². The molecule has 0 unspecified atom stereocenters. The van der Waals surface area contributed by atoms with Gasteiger partial charge in [-0.3, -0.25) is 4.79 Å². The molecule has 1 aromatic carbocycles. The summed E-state index contributed by atoms with van der Waals surface area (Å²) < 4.78 is 5.24. The van der Waals surface area contributed by atoms with Crippen molar-refractivity contribution < 1.29 is 9.53 Å². The third-order valence-corrected chi connectivity index (χ3v) is 3.77. The van der Waals surface area contributed by atoms with Crippen LogP contribution < -0.4 is 4.74 Å². The van der Waals surface area contributed by atoms with Crippen LogP contribution in [0.3, 0.4) is 0 Å². The minimum Gasteiger partial charge on any atom is -0.496 e. The number of hydrogen-bond acceptors (Lipinski definition) is 3. The molecule has 18 heavy (non-hydrogen) atoms. The summed E-state index contributed by atoms with van der Waals surface area (Å²) in [6, 6.07) is 9.78. The molecule has 0 saturated heterocycles. The van der Waals surface area contributed by atoms with Crippen LogP contribution in [0.25, 0.3) is 0 Å². The Kier molecular flexibility index (Phi) is 4.15. The van der Waals surface area contributed by atoms with Gasteiger partial charge in [0, 0.05) is 11.3 Å². The summed E-state index contributed by atoms with van der Waals surface area (Å²) in [4.78, 5) is 13.4. The van der Waals surface area contributed by atoms with Crippen LogP contribution in [0, 0.1) is 6.92 Å². The molecular formula is C15H16O2S. The molecule has 0 saturated carbocycles. The second-order valence-electron chi connectivity index (χ2n) is 4.21. The molecule has 1 aromatic heterocycles. The van der Waals surface area contributed by atoms with Crippen molar-refractivity contribution in [1.29, 1.82) is 0 Å². The number of thiophene rings is 1. The quantitative estimate of drug-likeness (QED) is 0.763. The molecule has 0 N–H and O–H groups in total. The summed E-state index contributed by atoms with van der Waals surface area (Å²) in [7, 11) is 1.60. The smallest absolute Gasteiger partial charge is 0.166 e. The highest BCUT2D eigenvalue weighted by molar-refractivity contribution is 7.09. The molecule has 1 heterocycles. The highest BCUT2D eigenvalue weighted by atomic mass is 32.1. The lowest BCUT2D eigenvalue weighted by molar-refractivity contribution is 0.0980. The van der Waals surface area contributed by atoms with Crippen molar-refractivity contribution in [1.82, 2.24) is 0 Å². The second kappa shape index (κ2) is 5.83. The van der Waals surface area contributed by atoms with Crippen LogP contribution in [0.4, 0.5) is 0 Å². The zero-order valence-corrected chi connectivity index (χ0v) is 11.4. The molecular weight excluding hydrogens is 244 g/mol. The minimum atomic E-state index is 0.143. The lowest BCUT2D eigenvalue weighted by Crippen LogP contribution is -2.03. The Balaban J connectivity index is 2.10. The first-order valence-electron chi connectivity index (χ1n) is 5.91. The SMILES string of the molecule is COc1ccc(C)cc1C(=O)CCc1cccs1. The molecule has 0 spiro atoms. The summed E-state index contributed by atoms with van der Waals surface area (Å²) in [6.07, 6.45) is 1.33. The maximum Gasteiger partial charge on any atom is 0.166 e. The van der Waals surface area contributed by atoms with Gasteiger partial charge in [0.05, 0.1) is 12.7 Å². The van der Waals surface area contributed by atoms with Gasteiger partial charge in [-0.25, -0.2) is 0 Å². The lowest BCUT2D eigenvalue weighted by atomic mass is 10.0. The molecule has 2 aromatic rings. The van der Waals surface area contributed by atoms with E-state index in [2.05, 4.69) is 6.07 Å². The first-order chi connectivity index (χ1) is 8.70. The van der Waals surface area contributed by atoms with Crippen molar-refractivity contribution >= 4 is 17.1 Å². The average molecular weight is 260 g/mol. The zero-order chi connectivity index (χ0) is 13.0. The van der Waals surface area contributed by atoms with Gasteiger partial charge >= 0.3 is 0 Å². The largest absolute Gasteiger partial charge is 0.496 e. The highest BCUT2D eigenvalue weighted by Crippen LogP contribution is 2.22. The van der Waals surface area contributed by atoms with Crippen LogP contribution in [-0.2, 0) is 6.42 Å². The van der Waals surface area contributed by atoms with Gasteiger partial charge in [0.2, 0.25) is 0 Å². The lowest BCUT2D eigenvalue weighted by Gasteiger charge is -2.08. The number of benzene rings is 1. The van der Waals surface area contributed by atoms with Gasteiger partial charge in [-0.1, -0.05) is 17.7 Å². The number of carbonyl (C=O) groups excluding carboxylic acids is 1. The predicted octanol–water partition coefficient (Wildman–Crippen LogP) is 3.88. The number of ketones is 1. The number of carbonyl (C=O) groups is 1. The van der Waals surface area contributed by atoms with Crippen LogP contribution >= 0.6 is 11.3 Å². The Hall–Kier alpha value is -1.61. The van der Waals surface area contributed by atoms with E-state index in [0.29, 0.717) is 17.7 Å². The Morgan fingerprint density at radius 3 is 2.83 bits per heavy atom. The number of aryl methyl sites for hydroxylation is 2. The van der Waals surface area contributed by atoms with Gasteiger partial charge in [0.25, 0.3) is 0 Å². The van der Waals surface area contributed by atoms with E-state index in [0.717, 1.165) is 12.0 Å². The van der Waals surface area contributed by atoms with Crippen LogP contribution in [-0.4, -0.2) is 12.9 Å². The third kappa shape index (κ3) is 2.99. The maximum absolute atomic E-state index is 12.2. The van der Waals surface area contributed by atoms with E-state index in [9.17, 15) is 4.79 Å². The van der Waals surface area contributed by atoms with Crippen molar-refractivity contribution in [2.75, 3.05) is 7.11 Å². The van der Waals surface area contributed by atoms with Crippen molar-refractivity contribution in [3.05, 3.63) is 51.7 Å². The first-order valence-corrected chi connectivity index (χ1v) is 6.79. The standard InChI is InChI=1S/C15H16O2S/c1-11-5-8-15(17-2)13(10-11)14(16)7-6-12-4-3-9-18-12/h3-5,8-10H,6-7H2,1-2H3. The average Bonchev–Trinajstić information content (AvgIpc) is 2.89. The van der Waals surface area contributed by atoms with E-state index in [4.69, 9.17) is 4.74 Å². The Morgan fingerprint density at radius 1 is 1.33 bits per heavy atom. The van der Waals surface area contributed by atoms with E-state index in [1.165, 1.54) is 4.88 Å². The number of hydrogen-bond donors (Lipinski definition) is 0. The molecule has 0 atom stereocenters. The number of ether oxygens (including phenoxy) is 1. The second-order valence-corrected chi connectivity index (χ2v) is 5.24. The fraction of sp³-hybridized carbons (Fsp3) is 0.267. The van der Waals surface area contributed by atoms with E-state index in [1.807, 2.05) is 36.6 Å². The summed E-state index contributed by atoms with van der Waals surface area (Å²) >= 11 is 1.69. The highest BCUT2D eigenvalue weighted by Gasteiger charge is 2.12. The summed E-state index contributed by atoms with van der Waals surface area (Å²) in [5, 5.41) is 2.03. The van der Waals surface area contributed by atoms with Gasteiger partial charge in [-0.15, -0.1) is 11.3 Å². The molecule has 0 aliphatic carbocycles. The number of methoxy groups -OCH3 is 1. The minimum absolute atomic E-state index is 0.143. The number of Topliss-reactive ketones (excluding diaryl/α,β-unsaturated/α-hetero) is 1. The molecule has 2 rings (SSSR count). The van der Waals surface area contributed by atoms with Crippen LogP contribution in [0.15, 0.2) is 35.7 Å². The topological polar surface area (TPSA) is 26.3 Å². The number of rotatable bonds is 5. The van der Waals surface area contributed by atoms with Gasteiger partial charge in [0.1, 0.15) is 5.75 Å². The molecule has 94 valence electrons. The zero-order valence-electron chi connectivity index (χ0n) is 10.6. The predicted molar refractivity (Wildman–Crippen MR) is 74.7 cm³/mol. The van der Waals surface area contributed by atoms with Crippen molar-refractivity contribution in [2.24, 2.45) is 0 Å². The van der Waals surface area contributed by atoms with Crippen molar-refractivity contribution in [3.63, 3.8) is 0 Å². The van der Waals surface area contributed by atoms with Crippen molar-refractivity contribution in [3.8, 4) is 5.75 Å². The monoisotopic (exact) mass is 260 g/mol. The Bertz CT molecular complexity index is 529.